The number of hydrogen-bond acceptors (Lipinski definition) is 4. The second-order valence-corrected chi connectivity index (χ2v) is 5.57. The van der Waals surface area contributed by atoms with Crippen molar-refractivity contribution in [1.82, 2.24) is 10.9 Å². The van der Waals surface area contributed by atoms with Crippen LogP contribution in [0.4, 0.5) is 0 Å². The number of thiophene rings is 1. The van der Waals surface area contributed by atoms with Crippen LogP contribution in [0.5, 0.6) is 0 Å². The predicted octanol–water partition coefficient (Wildman–Crippen LogP) is 2.18. The molecule has 6 nitrogen and oxygen atoms in total. The Morgan fingerprint density at radius 3 is 2.52 bits per heavy atom. The topological polar surface area (TPSA) is 95.5 Å². The molecule has 0 radical (unpaired) electrons. The summed E-state index contributed by atoms with van der Waals surface area (Å²) in [7, 11) is 0. The molecular weight excluding hydrogens is 316 g/mol. The first kappa shape index (κ1) is 15.3. The molecule has 0 bridgehead atoms. The molecule has 0 aliphatic heterocycles. The van der Waals surface area contributed by atoms with Gasteiger partial charge in [0.15, 0.2) is 0 Å². The highest BCUT2D eigenvalue weighted by atomic mass is 35.5. The summed E-state index contributed by atoms with van der Waals surface area (Å²) in [4.78, 5) is 33.9. The molecule has 8 heteroatoms. The molecule has 2 rings (SSSR count). The Balaban J connectivity index is 2.01. The van der Waals surface area contributed by atoms with Crippen molar-refractivity contribution in [3.63, 3.8) is 0 Å². The fourth-order valence-corrected chi connectivity index (χ4v) is 3.04. The molecule has 0 aliphatic rings. The smallest absolute Gasteiger partial charge is 0.303 e. The first-order chi connectivity index (χ1) is 9.99. The van der Waals surface area contributed by atoms with Crippen molar-refractivity contribution in [3.8, 4) is 0 Å². The first-order valence-electron chi connectivity index (χ1n) is 5.97. The number of carbonyl (C=O) groups excluding carboxylic acids is 2. The molecule has 0 spiro atoms. The van der Waals surface area contributed by atoms with E-state index >= 15 is 0 Å². The van der Waals surface area contributed by atoms with E-state index in [1.54, 1.807) is 6.07 Å². The van der Waals surface area contributed by atoms with Crippen LogP contribution in [0, 0.1) is 0 Å². The molecule has 21 heavy (non-hydrogen) atoms. The number of amides is 2. The maximum Gasteiger partial charge on any atom is 0.303 e. The van der Waals surface area contributed by atoms with Crippen molar-refractivity contribution in [2.24, 2.45) is 0 Å². The fourth-order valence-electron chi connectivity index (χ4n) is 1.63. The third kappa shape index (κ3) is 3.71. The average Bonchev–Trinajstić information content (AvgIpc) is 2.80. The minimum atomic E-state index is -1.08. The average molecular weight is 327 g/mol. The zero-order valence-electron chi connectivity index (χ0n) is 10.7. The van der Waals surface area contributed by atoms with Gasteiger partial charge in [0, 0.05) is 16.5 Å². The number of hydrogen-bond donors (Lipinski definition) is 3. The Morgan fingerprint density at radius 2 is 1.86 bits per heavy atom. The molecule has 0 atom stereocenters. The summed E-state index contributed by atoms with van der Waals surface area (Å²) in [6.45, 7) is 0. The number of carboxylic acid groups (broad SMARTS) is 1. The zero-order valence-corrected chi connectivity index (χ0v) is 12.3. The zero-order chi connectivity index (χ0) is 15.4. The number of nitrogens with one attached hydrogen (secondary N) is 2. The largest absolute Gasteiger partial charge is 0.481 e. The fraction of sp³-hybridized carbons (Fsp3) is 0.154. The van der Waals surface area contributed by atoms with Crippen LogP contribution < -0.4 is 10.9 Å². The van der Waals surface area contributed by atoms with Crippen LogP contribution in [0.2, 0.25) is 5.02 Å². The number of fused-ring (bicyclic) bond motifs is 1. The first-order valence-corrected chi connectivity index (χ1v) is 7.16. The number of carboxylic acids is 1. The third-order valence-corrected chi connectivity index (χ3v) is 4.30. The van der Waals surface area contributed by atoms with Crippen molar-refractivity contribution in [3.05, 3.63) is 34.2 Å². The van der Waals surface area contributed by atoms with E-state index in [0.29, 0.717) is 5.02 Å². The van der Waals surface area contributed by atoms with E-state index in [1.807, 2.05) is 18.2 Å². The van der Waals surface area contributed by atoms with Gasteiger partial charge >= 0.3 is 5.97 Å². The van der Waals surface area contributed by atoms with E-state index in [0.717, 1.165) is 10.1 Å². The SMILES string of the molecule is O=C(O)CCC(=O)NNC(=O)c1sc2ccccc2c1Cl. The lowest BCUT2D eigenvalue weighted by molar-refractivity contribution is -0.138. The van der Waals surface area contributed by atoms with Crippen LogP contribution in [0.3, 0.4) is 0 Å². The quantitative estimate of drug-likeness (QED) is 0.750. The van der Waals surface area contributed by atoms with Crippen LogP contribution >= 0.6 is 22.9 Å². The number of hydrazine groups is 1. The van der Waals surface area contributed by atoms with Crippen molar-refractivity contribution in [1.29, 1.82) is 0 Å². The van der Waals surface area contributed by atoms with E-state index in [2.05, 4.69) is 10.9 Å². The Bertz CT molecular complexity index is 713. The number of carbonyl (C=O) groups is 3. The number of aliphatic carboxylic acids is 1. The van der Waals surface area contributed by atoms with Gasteiger partial charge in [-0.15, -0.1) is 11.3 Å². The maximum absolute atomic E-state index is 12.0. The molecule has 0 fully saturated rings. The predicted molar refractivity (Wildman–Crippen MR) is 79.3 cm³/mol. The molecule has 1 heterocycles. The summed E-state index contributed by atoms with van der Waals surface area (Å²) < 4.78 is 0.866. The summed E-state index contributed by atoms with van der Waals surface area (Å²) in [5.74, 6) is -2.20. The monoisotopic (exact) mass is 326 g/mol. The summed E-state index contributed by atoms with van der Waals surface area (Å²) >= 11 is 7.34. The van der Waals surface area contributed by atoms with Crippen LogP contribution in [-0.2, 0) is 9.59 Å². The highest BCUT2D eigenvalue weighted by Crippen LogP contribution is 2.34. The van der Waals surface area contributed by atoms with Crippen LogP contribution in [0.1, 0.15) is 22.5 Å². The van der Waals surface area contributed by atoms with Crippen molar-refractivity contribution >= 4 is 50.8 Å². The van der Waals surface area contributed by atoms with Gasteiger partial charge in [0.05, 0.1) is 11.4 Å². The molecule has 2 aromatic rings. The highest BCUT2D eigenvalue weighted by molar-refractivity contribution is 7.21. The van der Waals surface area contributed by atoms with Gasteiger partial charge in [0.25, 0.3) is 5.91 Å². The lowest BCUT2D eigenvalue weighted by Crippen LogP contribution is -2.41. The molecule has 0 saturated heterocycles. The molecule has 0 unspecified atom stereocenters. The second-order valence-electron chi connectivity index (χ2n) is 4.14. The molecule has 0 saturated carbocycles. The molecule has 2 amide bonds. The van der Waals surface area contributed by atoms with E-state index in [-0.39, 0.29) is 17.7 Å². The van der Waals surface area contributed by atoms with E-state index < -0.39 is 17.8 Å². The van der Waals surface area contributed by atoms with Gasteiger partial charge < -0.3 is 5.11 Å². The molecule has 1 aromatic heterocycles. The van der Waals surface area contributed by atoms with Gasteiger partial charge in [0.1, 0.15) is 4.88 Å². The van der Waals surface area contributed by atoms with Crippen LogP contribution in [0.25, 0.3) is 10.1 Å². The molecule has 0 aliphatic carbocycles. The minimum Gasteiger partial charge on any atom is -0.481 e. The number of halogens is 1. The van der Waals surface area contributed by atoms with E-state index in [9.17, 15) is 14.4 Å². The van der Waals surface area contributed by atoms with Crippen LogP contribution in [0.15, 0.2) is 24.3 Å². The van der Waals surface area contributed by atoms with Gasteiger partial charge in [-0.2, -0.15) is 0 Å². The Hall–Kier alpha value is -2.12. The Morgan fingerprint density at radius 1 is 1.14 bits per heavy atom. The Labute approximate surface area is 128 Å². The van der Waals surface area contributed by atoms with Crippen molar-refractivity contribution in [2.75, 3.05) is 0 Å². The van der Waals surface area contributed by atoms with Crippen molar-refractivity contribution < 1.29 is 19.5 Å². The molecule has 1 aromatic carbocycles. The van der Waals surface area contributed by atoms with Gasteiger partial charge in [0.2, 0.25) is 5.91 Å². The summed E-state index contributed by atoms with van der Waals surface area (Å²) in [6, 6.07) is 7.30. The van der Waals surface area contributed by atoms with Crippen LogP contribution in [-0.4, -0.2) is 22.9 Å². The standard InChI is InChI=1S/C13H11ClN2O4S/c14-11-7-3-1-2-4-8(7)21-12(11)13(20)16-15-9(17)5-6-10(18)19/h1-4H,5-6H2,(H,15,17)(H,16,20)(H,18,19). The van der Waals surface area contributed by atoms with Gasteiger partial charge in [-0.3, -0.25) is 25.2 Å². The van der Waals surface area contributed by atoms with Gasteiger partial charge in [-0.25, -0.2) is 0 Å². The number of rotatable bonds is 4. The molecular formula is C13H11ClN2O4S. The summed E-state index contributed by atoms with van der Waals surface area (Å²) in [5, 5.41) is 9.55. The molecule has 3 N–H and O–H groups in total. The van der Waals surface area contributed by atoms with Crippen molar-refractivity contribution in [2.45, 2.75) is 12.8 Å². The third-order valence-electron chi connectivity index (χ3n) is 2.62. The number of benzene rings is 1. The summed E-state index contributed by atoms with van der Waals surface area (Å²) in [5.41, 5.74) is 4.37. The summed E-state index contributed by atoms with van der Waals surface area (Å²) in [6.07, 6.45) is -0.513. The Kier molecular flexibility index (Phi) is 4.77. The van der Waals surface area contributed by atoms with E-state index in [4.69, 9.17) is 16.7 Å². The lowest BCUT2D eigenvalue weighted by atomic mass is 10.2. The minimum absolute atomic E-state index is 0.213. The highest BCUT2D eigenvalue weighted by Gasteiger charge is 2.17. The second kappa shape index (κ2) is 6.55. The normalized spacial score (nSPS) is 10.3. The van der Waals surface area contributed by atoms with E-state index in [1.165, 1.54) is 11.3 Å². The molecule has 110 valence electrons. The van der Waals surface area contributed by atoms with Gasteiger partial charge in [-0.05, 0) is 6.07 Å². The maximum atomic E-state index is 12.0. The lowest BCUT2D eigenvalue weighted by Gasteiger charge is -2.05. The van der Waals surface area contributed by atoms with Gasteiger partial charge in [-0.1, -0.05) is 29.8 Å².